The predicted octanol–water partition coefficient (Wildman–Crippen LogP) is 1.06. The summed E-state index contributed by atoms with van der Waals surface area (Å²) in [6, 6.07) is 0. The third-order valence-electron chi connectivity index (χ3n) is 0.906. The van der Waals surface area contributed by atoms with Gasteiger partial charge in [-0.15, -0.1) is 11.8 Å². The SMILES string of the molecule is COC(=O)C(S/C=C/Cl)C(=O)O. The Morgan fingerprint density at radius 1 is 1.67 bits per heavy atom. The molecule has 0 aliphatic carbocycles. The summed E-state index contributed by atoms with van der Waals surface area (Å²) < 4.78 is 4.25. The summed E-state index contributed by atoms with van der Waals surface area (Å²) >= 11 is 5.93. The summed E-state index contributed by atoms with van der Waals surface area (Å²) in [6.07, 6.45) is 0. The van der Waals surface area contributed by atoms with Crippen molar-refractivity contribution < 1.29 is 19.4 Å². The molecule has 0 rings (SSSR count). The summed E-state index contributed by atoms with van der Waals surface area (Å²) in [6.45, 7) is 0. The zero-order valence-corrected chi connectivity index (χ0v) is 7.76. The Morgan fingerprint density at radius 2 is 2.25 bits per heavy atom. The molecular weight excluding hydrogens is 204 g/mol. The first-order chi connectivity index (χ1) is 5.63. The van der Waals surface area contributed by atoms with Crippen molar-refractivity contribution in [3.8, 4) is 0 Å². The molecule has 6 heteroatoms. The lowest BCUT2D eigenvalue weighted by molar-refractivity contribution is -0.148. The molecule has 0 aliphatic rings. The molecule has 0 aromatic rings. The number of methoxy groups -OCH3 is 1. The van der Waals surface area contributed by atoms with E-state index in [9.17, 15) is 9.59 Å². The van der Waals surface area contributed by atoms with Gasteiger partial charge in [0.1, 0.15) is 0 Å². The fraction of sp³-hybridized carbons (Fsp3) is 0.333. The van der Waals surface area contributed by atoms with Crippen LogP contribution in [0.3, 0.4) is 0 Å². The van der Waals surface area contributed by atoms with E-state index in [0.29, 0.717) is 0 Å². The van der Waals surface area contributed by atoms with Gasteiger partial charge >= 0.3 is 11.9 Å². The quantitative estimate of drug-likeness (QED) is 0.555. The standard InChI is InChI=1S/C6H7ClO4S/c1-11-6(10)4(5(8)9)12-3-2-7/h2-4H,1H3,(H,8,9)/b3-2+. The average Bonchev–Trinajstić information content (AvgIpc) is 2.04. The number of halogens is 1. The number of carboxylic acids is 1. The Labute approximate surface area is 78.5 Å². The number of hydrogen-bond acceptors (Lipinski definition) is 4. The van der Waals surface area contributed by atoms with Crippen LogP contribution in [-0.4, -0.2) is 29.4 Å². The molecule has 0 bridgehead atoms. The number of carboxylic acid groups (broad SMARTS) is 1. The van der Waals surface area contributed by atoms with Crippen molar-refractivity contribution in [2.45, 2.75) is 5.25 Å². The predicted molar refractivity (Wildman–Crippen MR) is 46.0 cm³/mol. The van der Waals surface area contributed by atoms with Crippen molar-refractivity contribution in [2.24, 2.45) is 0 Å². The second-order valence-electron chi connectivity index (χ2n) is 1.64. The van der Waals surface area contributed by atoms with Gasteiger partial charge < -0.3 is 9.84 Å². The van der Waals surface area contributed by atoms with Gasteiger partial charge in [-0.3, -0.25) is 9.59 Å². The van der Waals surface area contributed by atoms with E-state index in [2.05, 4.69) is 4.74 Å². The second-order valence-corrected chi connectivity index (χ2v) is 2.91. The highest BCUT2D eigenvalue weighted by Gasteiger charge is 2.26. The Balaban J connectivity index is 4.23. The molecular formula is C6H7ClO4S. The summed E-state index contributed by atoms with van der Waals surface area (Å²) in [7, 11) is 1.13. The van der Waals surface area contributed by atoms with Gasteiger partial charge in [0.2, 0.25) is 5.25 Å². The van der Waals surface area contributed by atoms with Crippen LogP contribution in [0.4, 0.5) is 0 Å². The van der Waals surface area contributed by atoms with Crippen LogP contribution in [0.1, 0.15) is 0 Å². The minimum Gasteiger partial charge on any atom is -0.480 e. The minimum atomic E-state index is -1.25. The Kier molecular flexibility index (Phi) is 5.57. The van der Waals surface area contributed by atoms with E-state index < -0.39 is 17.2 Å². The van der Waals surface area contributed by atoms with Crippen molar-refractivity contribution in [1.29, 1.82) is 0 Å². The Morgan fingerprint density at radius 3 is 2.58 bits per heavy atom. The van der Waals surface area contributed by atoms with E-state index in [1.54, 1.807) is 0 Å². The van der Waals surface area contributed by atoms with Crippen LogP contribution in [-0.2, 0) is 14.3 Å². The fourth-order valence-electron chi connectivity index (χ4n) is 0.430. The molecule has 68 valence electrons. The van der Waals surface area contributed by atoms with Gasteiger partial charge in [0.25, 0.3) is 0 Å². The normalized spacial score (nSPS) is 12.8. The first-order valence-electron chi connectivity index (χ1n) is 2.84. The highest BCUT2D eigenvalue weighted by Crippen LogP contribution is 2.14. The molecule has 0 heterocycles. The van der Waals surface area contributed by atoms with Gasteiger partial charge in [-0.25, -0.2) is 0 Å². The van der Waals surface area contributed by atoms with Crippen molar-refractivity contribution in [3.63, 3.8) is 0 Å². The number of hydrogen-bond donors (Lipinski definition) is 1. The summed E-state index contributed by atoms with van der Waals surface area (Å²) in [4.78, 5) is 21.2. The van der Waals surface area contributed by atoms with E-state index >= 15 is 0 Å². The summed E-state index contributed by atoms with van der Waals surface area (Å²) in [5, 5.41) is 8.56. The molecule has 0 radical (unpaired) electrons. The lowest BCUT2D eigenvalue weighted by Gasteiger charge is -2.05. The monoisotopic (exact) mass is 210 g/mol. The van der Waals surface area contributed by atoms with Gasteiger partial charge in [0, 0.05) is 5.54 Å². The molecule has 0 saturated heterocycles. The van der Waals surface area contributed by atoms with Gasteiger partial charge in [-0.1, -0.05) is 11.6 Å². The number of aliphatic carboxylic acids is 1. The summed E-state index contributed by atoms with van der Waals surface area (Å²) in [5.74, 6) is -2.05. The fourth-order valence-corrected chi connectivity index (χ4v) is 1.15. The molecule has 0 saturated carbocycles. The molecule has 4 nitrogen and oxygen atoms in total. The molecule has 1 atom stereocenters. The van der Waals surface area contributed by atoms with Crippen LogP contribution in [0.15, 0.2) is 10.9 Å². The molecule has 0 aliphatic heterocycles. The van der Waals surface area contributed by atoms with Gasteiger partial charge in [0.15, 0.2) is 0 Å². The van der Waals surface area contributed by atoms with E-state index in [-0.39, 0.29) is 0 Å². The second kappa shape index (κ2) is 5.91. The first-order valence-corrected chi connectivity index (χ1v) is 4.22. The molecule has 12 heavy (non-hydrogen) atoms. The van der Waals surface area contributed by atoms with Crippen LogP contribution in [0.5, 0.6) is 0 Å². The van der Waals surface area contributed by atoms with Crippen LogP contribution >= 0.6 is 23.4 Å². The third-order valence-corrected chi connectivity index (χ3v) is 2.14. The third kappa shape index (κ3) is 3.64. The number of rotatable bonds is 4. The molecule has 0 aromatic carbocycles. The van der Waals surface area contributed by atoms with Crippen LogP contribution < -0.4 is 0 Å². The zero-order chi connectivity index (χ0) is 9.56. The van der Waals surface area contributed by atoms with Crippen LogP contribution in [0.2, 0.25) is 0 Å². The van der Waals surface area contributed by atoms with E-state index in [1.807, 2.05) is 0 Å². The van der Waals surface area contributed by atoms with Crippen LogP contribution in [0, 0.1) is 0 Å². The molecule has 0 spiro atoms. The van der Waals surface area contributed by atoms with Crippen molar-refractivity contribution in [2.75, 3.05) is 7.11 Å². The van der Waals surface area contributed by atoms with Gasteiger partial charge in [0.05, 0.1) is 7.11 Å². The van der Waals surface area contributed by atoms with Crippen molar-refractivity contribution in [3.05, 3.63) is 10.9 Å². The van der Waals surface area contributed by atoms with E-state index in [1.165, 1.54) is 5.41 Å². The lowest BCUT2D eigenvalue weighted by atomic mass is 10.4. The summed E-state index contributed by atoms with van der Waals surface area (Å²) in [5.41, 5.74) is 1.13. The Bertz CT molecular complexity index is 204. The number of carbonyl (C=O) groups is 2. The highest BCUT2D eigenvalue weighted by molar-refractivity contribution is 8.04. The number of thioether (sulfide) groups is 1. The van der Waals surface area contributed by atoms with Gasteiger partial charge in [-0.2, -0.15) is 0 Å². The Hall–Kier alpha value is -0.680. The number of esters is 1. The van der Waals surface area contributed by atoms with Gasteiger partial charge in [-0.05, 0) is 5.41 Å². The molecule has 0 amide bonds. The molecule has 1 N–H and O–H groups in total. The maximum absolute atomic E-state index is 10.8. The smallest absolute Gasteiger partial charge is 0.330 e. The number of ether oxygens (including phenoxy) is 1. The lowest BCUT2D eigenvalue weighted by Crippen LogP contribution is -2.27. The topological polar surface area (TPSA) is 63.6 Å². The highest BCUT2D eigenvalue weighted by atomic mass is 35.5. The number of carbonyl (C=O) groups excluding carboxylic acids is 1. The van der Waals surface area contributed by atoms with Crippen molar-refractivity contribution in [1.82, 2.24) is 0 Å². The molecule has 1 unspecified atom stereocenters. The maximum atomic E-state index is 10.8. The van der Waals surface area contributed by atoms with E-state index in [0.717, 1.165) is 24.4 Å². The van der Waals surface area contributed by atoms with E-state index in [4.69, 9.17) is 16.7 Å². The zero-order valence-electron chi connectivity index (χ0n) is 6.19. The molecule has 0 fully saturated rings. The van der Waals surface area contributed by atoms with Crippen molar-refractivity contribution >= 4 is 35.3 Å². The largest absolute Gasteiger partial charge is 0.480 e. The minimum absolute atomic E-state index is 0.776. The average molecular weight is 211 g/mol. The van der Waals surface area contributed by atoms with Crippen LogP contribution in [0.25, 0.3) is 0 Å². The molecule has 0 aromatic heterocycles. The first kappa shape index (κ1) is 11.3. The maximum Gasteiger partial charge on any atom is 0.330 e.